The molecule has 1 atom stereocenters. The predicted molar refractivity (Wildman–Crippen MR) is 134 cm³/mol. The molecule has 2 amide bonds. The fourth-order valence-electron chi connectivity index (χ4n) is 3.75. The van der Waals surface area contributed by atoms with Crippen LogP contribution in [0.25, 0.3) is 0 Å². The van der Waals surface area contributed by atoms with Gasteiger partial charge in [0, 0.05) is 13.1 Å². The molecule has 0 aliphatic carbocycles. The van der Waals surface area contributed by atoms with Gasteiger partial charge in [0.05, 0.1) is 18.6 Å². The number of benzene rings is 2. The van der Waals surface area contributed by atoms with E-state index in [1.807, 2.05) is 45.0 Å². The average molecular weight is 490 g/mol. The highest BCUT2D eigenvalue weighted by Crippen LogP contribution is 2.30. The van der Waals surface area contributed by atoms with Crippen molar-refractivity contribution < 1.29 is 22.7 Å². The van der Waals surface area contributed by atoms with E-state index in [1.54, 1.807) is 31.2 Å². The molecule has 0 unspecified atom stereocenters. The molecule has 1 N–H and O–H groups in total. The highest BCUT2D eigenvalue weighted by atomic mass is 32.2. The van der Waals surface area contributed by atoms with Crippen LogP contribution in [0.2, 0.25) is 0 Å². The summed E-state index contributed by atoms with van der Waals surface area (Å²) in [5.74, 6) is -0.382. The maximum Gasteiger partial charge on any atom is 0.244 e. The summed E-state index contributed by atoms with van der Waals surface area (Å²) in [6.07, 6.45) is 1.44. The Morgan fingerprint density at radius 3 is 2.35 bits per heavy atom. The lowest BCUT2D eigenvalue weighted by Gasteiger charge is -2.33. The summed E-state index contributed by atoms with van der Waals surface area (Å²) in [5.41, 5.74) is 2.16. The van der Waals surface area contributed by atoms with Crippen molar-refractivity contribution in [1.29, 1.82) is 0 Å². The van der Waals surface area contributed by atoms with E-state index in [9.17, 15) is 18.0 Å². The summed E-state index contributed by atoms with van der Waals surface area (Å²) in [7, 11) is -3.82. The Kier molecular flexibility index (Phi) is 9.92. The van der Waals surface area contributed by atoms with Gasteiger partial charge in [-0.2, -0.15) is 0 Å². The van der Waals surface area contributed by atoms with Gasteiger partial charge in [-0.1, -0.05) is 48.9 Å². The molecular weight excluding hydrogens is 454 g/mol. The van der Waals surface area contributed by atoms with Crippen molar-refractivity contribution in [3.63, 3.8) is 0 Å². The van der Waals surface area contributed by atoms with Crippen LogP contribution in [0.4, 0.5) is 5.69 Å². The Morgan fingerprint density at radius 2 is 1.76 bits per heavy atom. The molecule has 0 saturated heterocycles. The van der Waals surface area contributed by atoms with Gasteiger partial charge >= 0.3 is 0 Å². The zero-order chi connectivity index (χ0) is 25.3. The highest BCUT2D eigenvalue weighted by molar-refractivity contribution is 7.92. The molecule has 2 rings (SSSR count). The molecule has 0 aliphatic heterocycles. The third-order valence-electron chi connectivity index (χ3n) is 5.29. The maximum atomic E-state index is 13.6. The van der Waals surface area contributed by atoms with Crippen LogP contribution in [-0.2, 0) is 26.2 Å². The normalized spacial score (nSPS) is 12.0. The van der Waals surface area contributed by atoms with Gasteiger partial charge in [-0.05, 0) is 44.9 Å². The summed E-state index contributed by atoms with van der Waals surface area (Å²) in [6, 6.07) is 13.6. The lowest BCUT2D eigenvalue weighted by atomic mass is 10.1. The van der Waals surface area contributed by atoms with Crippen molar-refractivity contribution in [1.82, 2.24) is 10.2 Å². The van der Waals surface area contributed by atoms with E-state index in [2.05, 4.69) is 5.32 Å². The van der Waals surface area contributed by atoms with Crippen molar-refractivity contribution in [2.45, 2.75) is 46.7 Å². The number of nitrogens with zero attached hydrogens (tertiary/aromatic N) is 2. The Bertz CT molecular complexity index is 1090. The summed E-state index contributed by atoms with van der Waals surface area (Å²) < 4.78 is 32.1. The quantitative estimate of drug-likeness (QED) is 0.494. The number of sulfonamides is 1. The van der Waals surface area contributed by atoms with Crippen LogP contribution >= 0.6 is 0 Å². The minimum atomic E-state index is -3.82. The second-order valence-electron chi connectivity index (χ2n) is 8.00. The lowest BCUT2D eigenvalue weighted by molar-refractivity contribution is -0.140. The molecule has 186 valence electrons. The number of carbonyl (C=O) groups is 2. The molecule has 2 aromatic carbocycles. The Hall–Kier alpha value is -3.07. The molecule has 0 saturated carbocycles. The number of anilines is 1. The summed E-state index contributed by atoms with van der Waals surface area (Å²) in [5, 5.41) is 2.79. The number of likely N-dealkylation sites (N-methyl/N-ethyl adjacent to an activating group) is 1. The van der Waals surface area contributed by atoms with Gasteiger partial charge in [0.25, 0.3) is 0 Å². The van der Waals surface area contributed by atoms with E-state index < -0.39 is 28.5 Å². The van der Waals surface area contributed by atoms with Gasteiger partial charge in [-0.3, -0.25) is 13.9 Å². The lowest BCUT2D eigenvalue weighted by Crippen LogP contribution is -2.52. The Balaban J connectivity index is 2.48. The van der Waals surface area contributed by atoms with Gasteiger partial charge in [-0.25, -0.2) is 8.42 Å². The number of rotatable bonds is 12. The third-order valence-corrected chi connectivity index (χ3v) is 6.41. The highest BCUT2D eigenvalue weighted by Gasteiger charge is 2.32. The molecular formula is C25H35N3O5S. The molecule has 0 bridgehead atoms. The molecule has 8 nitrogen and oxygen atoms in total. The van der Waals surface area contributed by atoms with E-state index in [1.165, 1.54) is 4.90 Å². The van der Waals surface area contributed by atoms with Crippen molar-refractivity contribution in [2.75, 3.05) is 30.3 Å². The fourth-order valence-corrected chi connectivity index (χ4v) is 4.61. The van der Waals surface area contributed by atoms with Crippen LogP contribution in [0.1, 0.15) is 38.3 Å². The van der Waals surface area contributed by atoms with Crippen molar-refractivity contribution in [3.05, 3.63) is 59.7 Å². The monoisotopic (exact) mass is 489 g/mol. The largest absolute Gasteiger partial charge is 0.492 e. The zero-order valence-corrected chi connectivity index (χ0v) is 21.4. The van der Waals surface area contributed by atoms with Gasteiger partial charge < -0.3 is 15.0 Å². The van der Waals surface area contributed by atoms with Gasteiger partial charge in [-0.15, -0.1) is 0 Å². The van der Waals surface area contributed by atoms with Crippen LogP contribution in [0, 0.1) is 6.92 Å². The van der Waals surface area contributed by atoms with Crippen molar-refractivity contribution >= 4 is 27.5 Å². The number of carbonyl (C=O) groups excluding carboxylic acids is 2. The maximum absolute atomic E-state index is 13.6. The van der Waals surface area contributed by atoms with E-state index in [0.29, 0.717) is 25.3 Å². The van der Waals surface area contributed by atoms with Gasteiger partial charge in [0.15, 0.2) is 0 Å². The van der Waals surface area contributed by atoms with Crippen molar-refractivity contribution in [2.24, 2.45) is 0 Å². The van der Waals surface area contributed by atoms with E-state index in [-0.39, 0.29) is 18.1 Å². The third kappa shape index (κ3) is 7.21. The number of ether oxygens (including phenoxy) is 1. The molecule has 0 spiro atoms. The van der Waals surface area contributed by atoms with E-state index in [0.717, 1.165) is 21.7 Å². The molecule has 34 heavy (non-hydrogen) atoms. The number of nitrogens with one attached hydrogen (secondary N) is 1. The number of hydrogen-bond donors (Lipinski definition) is 1. The van der Waals surface area contributed by atoms with Gasteiger partial charge in [0.1, 0.15) is 18.3 Å². The molecule has 0 fully saturated rings. The van der Waals surface area contributed by atoms with Crippen molar-refractivity contribution in [3.8, 4) is 5.75 Å². The fraction of sp³-hybridized carbons (Fsp3) is 0.440. The number of hydrogen-bond acceptors (Lipinski definition) is 5. The Morgan fingerprint density at radius 1 is 1.06 bits per heavy atom. The first-order valence-corrected chi connectivity index (χ1v) is 13.3. The Labute approximate surface area is 202 Å². The molecule has 2 aromatic rings. The second-order valence-corrected chi connectivity index (χ2v) is 9.91. The van der Waals surface area contributed by atoms with Crippen LogP contribution in [-0.4, -0.2) is 57.1 Å². The molecule has 0 aliphatic rings. The smallest absolute Gasteiger partial charge is 0.244 e. The summed E-state index contributed by atoms with van der Waals surface area (Å²) in [6.45, 7) is 7.89. The van der Waals surface area contributed by atoms with E-state index >= 15 is 0 Å². The van der Waals surface area contributed by atoms with Gasteiger partial charge in [0.2, 0.25) is 21.8 Å². The van der Waals surface area contributed by atoms with Crippen LogP contribution < -0.4 is 14.4 Å². The number of amides is 2. The SMILES string of the molecule is CCNC(=O)[C@H](CC)N(Cc1cccc(C)c1)C(=O)CN(c1ccccc1OCC)S(C)(=O)=O. The van der Waals surface area contributed by atoms with E-state index in [4.69, 9.17) is 4.74 Å². The molecule has 9 heteroatoms. The first-order chi connectivity index (χ1) is 16.1. The standard InChI is InChI=1S/C25H35N3O5S/c1-6-21(25(30)26-7-2)27(17-20-13-11-12-19(4)16-20)24(29)18-28(34(5,31)32)22-14-9-10-15-23(22)33-8-3/h9-16,21H,6-8,17-18H2,1-5H3,(H,26,30)/t21-/m0/s1. The summed E-state index contributed by atoms with van der Waals surface area (Å²) in [4.78, 5) is 27.9. The topological polar surface area (TPSA) is 96.0 Å². The number of aryl methyl sites for hydroxylation is 1. The zero-order valence-electron chi connectivity index (χ0n) is 20.6. The van der Waals surface area contributed by atoms with Crippen LogP contribution in [0.5, 0.6) is 5.75 Å². The summed E-state index contributed by atoms with van der Waals surface area (Å²) >= 11 is 0. The minimum Gasteiger partial charge on any atom is -0.492 e. The molecule has 0 radical (unpaired) electrons. The van der Waals surface area contributed by atoms with Crippen LogP contribution in [0.15, 0.2) is 48.5 Å². The second kappa shape index (κ2) is 12.4. The first-order valence-electron chi connectivity index (χ1n) is 11.4. The molecule has 0 aromatic heterocycles. The predicted octanol–water partition coefficient (Wildman–Crippen LogP) is 3.10. The molecule has 0 heterocycles. The van der Waals surface area contributed by atoms with Crippen LogP contribution in [0.3, 0.4) is 0 Å². The first kappa shape index (κ1) is 27.2. The average Bonchev–Trinajstić information content (AvgIpc) is 2.77. The minimum absolute atomic E-state index is 0.181. The number of para-hydroxylation sites is 2.